The number of para-hydroxylation sites is 1. The molecule has 0 bridgehead atoms. The second kappa shape index (κ2) is 14.4. The zero-order valence-corrected chi connectivity index (χ0v) is 27.9. The number of urea groups is 1. The Balaban J connectivity index is 1.38. The van der Waals surface area contributed by atoms with Crippen LogP contribution in [0.4, 0.5) is 4.79 Å². The molecular formula is C38H42N6O5. The predicted molar refractivity (Wildman–Crippen MR) is 186 cm³/mol. The summed E-state index contributed by atoms with van der Waals surface area (Å²) in [4.78, 5) is 58.7. The molecule has 3 heterocycles. The van der Waals surface area contributed by atoms with Crippen molar-refractivity contribution in [2.45, 2.75) is 51.5 Å². The maximum absolute atomic E-state index is 14.5. The summed E-state index contributed by atoms with van der Waals surface area (Å²) in [6.45, 7) is 6.56. The van der Waals surface area contributed by atoms with E-state index >= 15 is 0 Å². The van der Waals surface area contributed by atoms with Gasteiger partial charge in [-0.3, -0.25) is 14.4 Å². The number of nitrogens with one attached hydrogen (secondary N) is 1. The number of rotatable bonds is 11. The number of amides is 4. The fraction of sp³-hybridized carbons (Fsp3) is 0.316. The van der Waals surface area contributed by atoms with Crippen LogP contribution in [0.2, 0.25) is 0 Å². The summed E-state index contributed by atoms with van der Waals surface area (Å²) < 4.78 is 1.93. The second-order valence-electron chi connectivity index (χ2n) is 12.7. The fourth-order valence-electron chi connectivity index (χ4n) is 7.02. The summed E-state index contributed by atoms with van der Waals surface area (Å²) in [5.74, 6) is -0.336. The van der Waals surface area contributed by atoms with Gasteiger partial charge in [0.2, 0.25) is 11.8 Å². The van der Waals surface area contributed by atoms with E-state index in [1.54, 1.807) is 50.2 Å². The monoisotopic (exact) mass is 662 g/mol. The van der Waals surface area contributed by atoms with Crippen molar-refractivity contribution >= 4 is 34.5 Å². The van der Waals surface area contributed by atoms with E-state index in [-0.39, 0.29) is 62.5 Å². The largest absolute Gasteiger partial charge is 0.508 e. The minimum absolute atomic E-state index is 0.0732. The molecular weight excluding hydrogens is 620 g/mol. The van der Waals surface area contributed by atoms with Crippen molar-refractivity contribution in [3.63, 3.8) is 0 Å². The second-order valence-corrected chi connectivity index (χ2v) is 12.7. The number of fused-ring (bicyclic) bond motifs is 2. The fourth-order valence-corrected chi connectivity index (χ4v) is 7.02. The highest BCUT2D eigenvalue weighted by atomic mass is 16.3. The molecule has 1 aromatic heterocycles. The number of hydrogen-bond acceptors (Lipinski definition) is 6. The molecule has 2 aliphatic heterocycles. The van der Waals surface area contributed by atoms with Gasteiger partial charge in [-0.25, -0.2) is 14.8 Å². The number of aromatic nitrogens is 1. The molecule has 0 saturated carbocycles. The number of Topliss-reactive ketones (excluding diaryl/α,β-unsaturated/α-hetero) is 1. The van der Waals surface area contributed by atoms with Crippen LogP contribution in [0.15, 0.2) is 91.6 Å². The number of ketones is 1. The Bertz CT molecular complexity index is 1870. The Morgan fingerprint density at radius 2 is 1.76 bits per heavy atom. The van der Waals surface area contributed by atoms with Gasteiger partial charge in [-0.05, 0) is 35.2 Å². The van der Waals surface area contributed by atoms with Crippen LogP contribution in [0.5, 0.6) is 5.75 Å². The molecule has 2 fully saturated rings. The lowest BCUT2D eigenvalue weighted by Crippen LogP contribution is -2.76. The SMILES string of the molecule is C=CCN1CC(=O)N2C(Cc3ccc(O)cc3)C(=O)N(Cc3cccc4c(C(=O)CCC)cn(C)c34)CC2N1C(=O)NCc1ccccc1. The molecule has 2 aliphatic rings. The van der Waals surface area contributed by atoms with Crippen molar-refractivity contribution < 1.29 is 24.3 Å². The van der Waals surface area contributed by atoms with Crippen LogP contribution in [-0.4, -0.2) is 85.0 Å². The average molecular weight is 663 g/mol. The molecule has 6 rings (SSSR count). The van der Waals surface area contributed by atoms with E-state index < -0.39 is 18.2 Å². The van der Waals surface area contributed by atoms with Crippen LogP contribution in [0.25, 0.3) is 10.9 Å². The molecule has 49 heavy (non-hydrogen) atoms. The molecule has 2 N–H and O–H groups in total. The Morgan fingerprint density at radius 3 is 2.47 bits per heavy atom. The van der Waals surface area contributed by atoms with Gasteiger partial charge in [-0.15, -0.1) is 6.58 Å². The number of benzene rings is 3. The molecule has 254 valence electrons. The number of hydrogen-bond donors (Lipinski definition) is 2. The Morgan fingerprint density at radius 1 is 1.00 bits per heavy atom. The summed E-state index contributed by atoms with van der Waals surface area (Å²) >= 11 is 0. The van der Waals surface area contributed by atoms with E-state index in [0.29, 0.717) is 12.0 Å². The van der Waals surface area contributed by atoms with E-state index in [1.165, 1.54) is 0 Å². The minimum Gasteiger partial charge on any atom is -0.508 e. The summed E-state index contributed by atoms with van der Waals surface area (Å²) in [5, 5.41) is 17.0. The first kappa shape index (κ1) is 33.5. The maximum atomic E-state index is 14.5. The summed E-state index contributed by atoms with van der Waals surface area (Å²) in [7, 11) is 1.90. The van der Waals surface area contributed by atoms with E-state index in [2.05, 4.69) is 11.9 Å². The topological polar surface area (TPSA) is 118 Å². The number of phenolic OH excluding ortho intramolecular Hbond substituents is 1. The van der Waals surface area contributed by atoms with Gasteiger partial charge in [0.25, 0.3) is 0 Å². The summed E-state index contributed by atoms with van der Waals surface area (Å²) in [6, 6.07) is 20.6. The van der Waals surface area contributed by atoms with Gasteiger partial charge in [0.05, 0.1) is 18.6 Å². The van der Waals surface area contributed by atoms with Crippen molar-refractivity contribution in [1.29, 1.82) is 0 Å². The number of carbonyl (C=O) groups excluding carboxylic acids is 4. The number of aromatic hydroxyl groups is 1. The van der Waals surface area contributed by atoms with Crippen molar-refractivity contribution in [2.75, 3.05) is 19.6 Å². The minimum atomic E-state index is -0.902. The van der Waals surface area contributed by atoms with Crippen LogP contribution in [-0.2, 0) is 36.1 Å². The molecule has 0 aliphatic carbocycles. The van der Waals surface area contributed by atoms with Crippen molar-refractivity contribution in [2.24, 2.45) is 7.05 Å². The number of hydrazine groups is 1. The van der Waals surface area contributed by atoms with Crippen LogP contribution < -0.4 is 5.32 Å². The average Bonchev–Trinajstić information content (AvgIpc) is 3.44. The summed E-state index contributed by atoms with van der Waals surface area (Å²) in [5.41, 5.74) is 4.06. The van der Waals surface area contributed by atoms with Crippen molar-refractivity contribution in [3.8, 4) is 5.75 Å². The van der Waals surface area contributed by atoms with E-state index in [1.807, 2.05) is 73.3 Å². The third kappa shape index (κ3) is 6.80. The van der Waals surface area contributed by atoms with Crippen molar-refractivity contribution in [1.82, 2.24) is 29.7 Å². The molecule has 4 aromatic rings. The standard InChI is InChI=1S/C38H42N6O5/c1-4-10-33(46)31-23-40(3)36-28(13-9-14-30(31)36)22-41-24-34-43(32(37(41)48)20-26-15-17-29(45)18-16-26)35(47)25-42(19-5-2)44(34)38(49)39-21-27-11-7-6-8-12-27/h5-9,11-18,23,32,34,45H,2,4,10,19-22,24-25H2,1,3H3,(H,39,49). The highest BCUT2D eigenvalue weighted by Crippen LogP contribution is 2.32. The molecule has 3 aromatic carbocycles. The highest BCUT2D eigenvalue weighted by molar-refractivity contribution is 6.08. The van der Waals surface area contributed by atoms with Gasteiger partial charge >= 0.3 is 6.03 Å². The van der Waals surface area contributed by atoms with Gasteiger partial charge in [0, 0.05) is 56.7 Å². The van der Waals surface area contributed by atoms with Crippen LogP contribution >= 0.6 is 0 Å². The first-order valence-electron chi connectivity index (χ1n) is 16.6. The molecule has 2 unspecified atom stereocenters. The zero-order chi connectivity index (χ0) is 34.7. The van der Waals surface area contributed by atoms with Crippen molar-refractivity contribution in [3.05, 3.63) is 114 Å². The number of phenols is 1. The van der Waals surface area contributed by atoms with Crippen LogP contribution in [0, 0.1) is 0 Å². The van der Waals surface area contributed by atoms with Gasteiger partial charge in [-0.1, -0.05) is 73.7 Å². The normalized spacial score (nSPS) is 18.1. The molecule has 4 amide bonds. The molecule has 11 nitrogen and oxygen atoms in total. The lowest BCUT2D eigenvalue weighted by molar-refractivity contribution is -0.189. The van der Waals surface area contributed by atoms with Gasteiger partial charge < -0.3 is 24.8 Å². The Labute approximate surface area is 286 Å². The zero-order valence-electron chi connectivity index (χ0n) is 27.9. The van der Waals surface area contributed by atoms with Crippen LogP contribution in [0.1, 0.15) is 46.8 Å². The van der Waals surface area contributed by atoms with E-state index in [9.17, 15) is 24.3 Å². The number of aryl methyl sites for hydroxylation is 1. The number of piperazine rings is 1. The molecule has 2 saturated heterocycles. The number of nitrogens with zero attached hydrogens (tertiary/aromatic N) is 5. The quantitative estimate of drug-likeness (QED) is 0.179. The van der Waals surface area contributed by atoms with E-state index in [4.69, 9.17) is 0 Å². The molecule has 11 heteroatoms. The third-order valence-corrected chi connectivity index (χ3v) is 9.25. The highest BCUT2D eigenvalue weighted by Gasteiger charge is 2.51. The Kier molecular flexibility index (Phi) is 9.82. The van der Waals surface area contributed by atoms with Gasteiger partial charge in [-0.2, -0.15) is 0 Å². The lowest BCUT2D eigenvalue weighted by atomic mass is 9.97. The first-order valence-corrected chi connectivity index (χ1v) is 16.6. The molecule has 0 spiro atoms. The smallest absolute Gasteiger partial charge is 0.334 e. The van der Waals surface area contributed by atoms with Crippen LogP contribution in [0.3, 0.4) is 0 Å². The Hall–Kier alpha value is -5.42. The molecule has 2 atom stereocenters. The van der Waals surface area contributed by atoms with E-state index in [0.717, 1.165) is 34.0 Å². The molecule has 0 radical (unpaired) electrons. The summed E-state index contributed by atoms with van der Waals surface area (Å²) in [6.07, 6.45) is 4.09. The third-order valence-electron chi connectivity index (χ3n) is 9.25. The first-order chi connectivity index (χ1) is 23.7. The van der Waals surface area contributed by atoms with Gasteiger partial charge in [0.1, 0.15) is 18.0 Å². The number of carbonyl (C=O) groups is 4. The predicted octanol–water partition coefficient (Wildman–Crippen LogP) is 4.60. The lowest BCUT2D eigenvalue weighted by Gasteiger charge is -2.55. The maximum Gasteiger partial charge on any atom is 0.334 e. The van der Waals surface area contributed by atoms with Gasteiger partial charge in [0.15, 0.2) is 5.78 Å².